The molecule has 0 atom stereocenters. The first-order valence-electron chi connectivity index (χ1n) is 6.41. The number of carbonyl (C=O) groups excluding carboxylic acids is 1. The third-order valence-electron chi connectivity index (χ3n) is 2.90. The van der Waals surface area contributed by atoms with E-state index < -0.39 is 18.2 Å². The van der Waals surface area contributed by atoms with Crippen LogP contribution in [-0.2, 0) is 11.3 Å². The molecule has 0 fully saturated rings. The molecule has 0 aromatic heterocycles. The fraction of sp³-hybridized carbons (Fsp3) is 0.500. The van der Waals surface area contributed by atoms with E-state index in [1.54, 1.807) is 26.0 Å². The number of halogens is 3. The first-order chi connectivity index (χ1) is 9.64. The van der Waals surface area contributed by atoms with E-state index in [0.29, 0.717) is 0 Å². The number of alkyl halides is 3. The smallest absolute Gasteiger partial charge is 0.422 e. The molecule has 1 amide bonds. The summed E-state index contributed by atoms with van der Waals surface area (Å²) in [6.45, 7) is 2.64. The SMILES string of the molecule is CC(C)(CN)C(=O)NCc1ccc(OCC(F)(F)F)cc1. The molecule has 3 N–H and O–H groups in total. The lowest BCUT2D eigenvalue weighted by molar-refractivity contribution is -0.153. The largest absolute Gasteiger partial charge is 0.484 e. The summed E-state index contributed by atoms with van der Waals surface area (Å²) in [5, 5.41) is 2.73. The molecule has 0 unspecified atom stereocenters. The van der Waals surface area contributed by atoms with Crippen molar-refractivity contribution in [2.24, 2.45) is 11.1 Å². The number of nitrogens with two attached hydrogens (primary N) is 1. The van der Waals surface area contributed by atoms with Gasteiger partial charge in [0.2, 0.25) is 5.91 Å². The van der Waals surface area contributed by atoms with Crippen LogP contribution in [0.3, 0.4) is 0 Å². The number of amides is 1. The van der Waals surface area contributed by atoms with Gasteiger partial charge < -0.3 is 15.8 Å². The van der Waals surface area contributed by atoms with Crippen LogP contribution in [0.15, 0.2) is 24.3 Å². The molecule has 0 aliphatic heterocycles. The van der Waals surface area contributed by atoms with E-state index in [1.807, 2.05) is 0 Å². The van der Waals surface area contributed by atoms with Gasteiger partial charge in [-0.25, -0.2) is 0 Å². The predicted octanol–water partition coefficient (Wildman–Crippen LogP) is 2.23. The van der Waals surface area contributed by atoms with E-state index in [2.05, 4.69) is 10.1 Å². The van der Waals surface area contributed by atoms with Gasteiger partial charge >= 0.3 is 6.18 Å². The quantitative estimate of drug-likeness (QED) is 0.847. The molecule has 0 radical (unpaired) electrons. The molecule has 21 heavy (non-hydrogen) atoms. The van der Waals surface area contributed by atoms with Crippen LogP contribution in [0.25, 0.3) is 0 Å². The molecule has 1 rings (SSSR count). The number of rotatable bonds is 6. The Morgan fingerprint density at radius 2 is 1.81 bits per heavy atom. The Balaban J connectivity index is 2.50. The maximum atomic E-state index is 12.0. The van der Waals surface area contributed by atoms with Crippen LogP contribution >= 0.6 is 0 Å². The van der Waals surface area contributed by atoms with Crippen molar-refractivity contribution in [1.82, 2.24) is 5.32 Å². The summed E-state index contributed by atoms with van der Waals surface area (Å²) in [7, 11) is 0. The second-order valence-electron chi connectivity index (χ2n) is 5.32. The van der Waals surface area contributed by atoms with Crippen LogP contribution in [0.4, 0.5) is 13.2 Å². The van der Waals surface area contributed by atoms with Gasteiger partial charge in [0.25, 0.3) is 0 Å². The van der Waals surface area contributed by atoms with Crippen molar-refractivity contribution in [3.63, 3.8) is 0 Å². The minimum absolute atomic E-state index is 0.129. The van der Waals surface area contributed by atoms with Crippen LogP contribution in [-0.4, -0.2) is 25.2 Å². The Labute approximate surface area is 121 Å². The molecule has 7 heteroatoms. The number of hydrogen-bond acceptors (Lipinski definition) is 3. The highest BCUT2D eigenvalue weighted by Gasteiger charge is 2.28. The van der Waals surface area contributed by atoms with E-state index in [-0.39, 0.29) is 24.7 Å². The molecule has 0 aliphatic rings. The lowest BCUT2D eigenvalue weighted by Gasteiger charge is -2.21. The molecule has 1 aromatic carbocycles. The van der Waals surface area contributed by atoms with Crippen molar-refractivity contribution in [3.8, 4) is 5.75 Å². The van der Waals surface area contributed by atoms with Crippen LogP contribution in [0.2, 0.25) is 0 Å². The van der Waals surface area contributed by atoms with Crippen molar-refractivity contribution in [2.45, 2.75) is 26.6 Å². The third kappa shape index (κ3) is 6.03. The summed E-state index contributed by atoms with van der Waals surface area (Å²) in [4.78, 5) is 11.8. The van der Waals surface area contributed by atoms with Gasteiger partial charge in [0.15, 0.2) is 6.61 Å². The fourth-order valence-corrected chi connectivity index (χ4v) is 1.38. The summed E-state index contributed by atoms with van der Waals surface area (Å²) < 4.78 is 40.6. The van der Waals surface area contributed by atoms with E-state index in [0.717, 1.165) is 5.56 Å². The molecule has 0 heterocycles. The van der Waals surface area contributed by atoms with E-state index in [9.17, 15) is 18.0 Å². The second-order valence-corrected chi connectivity index (χ2v) is 5.32. The van der Waals surface area contributed by atoms with E-state index in [1.165, 1.54) is 12.1 Å². The van der Waals surface area contributed by atoms with Gasteiger partial charge in [-0.05, 0) is 31.5 Å². The summed E-state index contributed by atoms with van der Waals surface area (Å²) in [6.07, 6.45) is -4.36. The lowest BCUT2D eigenvalue weighted by Crippen LogP contribution is -2.41. The van der Waals surface area contributed by atoms with Gasteiger partial charge in [0.05, 0.1) is 5.41 Å². The molecule has 0 saturated carbocycles. The number of ether oxygens (including phenoxy) is 1. The minimum atomic E-state index is -4.36. The van der Waals surface area contributed by atoms with Gasteiger partial charge in [-0.2, -0.15) is 13.2 Å². The average Bonchev–Trinajstić information content (AvgIpc) is 2.42. The highest BCUT2D eigenvalue weighted by Crippen LogP contribution is 2.19. The summed E-state index contributed by atoms with van der Waals surface area (Å²) in [5.74, 6) is -0.0490. The third-order valence-corrected chi connectivity index (χ3v) is 2.90. The fourth-order valence-electron chi connectivity index (χ4n) is 1.38. The molecule has 4 nitrogen and oxygen atoms in total. The summed E-state index contributed by atoms with van der Waals surface area (Å²) in [6, 6.07) is 6.06. The summed E-state index contributed by atoms with van der Waals surface area (Å²) in [5.41, 5.74) is 5.60. The molecular weight excluding hydrogens is 285 g/mol. The molecule has 1 aromatic rings. The topological polar surface area (TPSA) is 64.4 Å². The molecule has 0 aliphatic carbocycles. The Morgan fingerprint density at radius 1 is 1.24 bits per heavy atom. The van der Waals surface area contributed by atoms with Gasteiger partial charge in [0, 0.05) is 13.1 Å². The zero-order chi connectivity index (χ0) is 16.1. The van der Waals surface area contributed by atoms with Crippen molar-refractivity contribution >= 4 is 5.91 Å². The summed E-state index contributed by atoms with van der Waals surface area (Å²) >= 11 is 0. The maximum Gasteiger partial charge on any atom is 0.422 e. The van der Waals surface area contributed by atoms with Gasteiger partial charge in [0.1, 0.15) is 5.75 Å². The normalized spacial score (nSPS) is 12.1. The van der Waals surface area contributed by atoms with Crippen LogP contribution in [0.5, 0.6) is 5.75 Å². The van der Waals surface area contributed by atoms with Crippen molar-refractivity contribution < 1.29 is 22.7 Å². The Morgan fingerprint density at radius 3 is 2.29 bits per heavy atom. The van der Waals surface area contributed by atoms with Crippen LogP contribution < -0.4 is 15.8 Å². The Kier molecular flexibility index (Phi) is 5.60. The first kappa shape index (κ1) is 17.3. The van der Waals surface area contributed by atoms with Gasteiger partial charge in [-0.15, -0.1) is 0 Å². The van der Waals surface area contributed by atoms with Crippen molar-refractivity contribution in [3.05, 3.63) is 29.8 Å². The molecule has 0 saturated heterocycles. The van der Waals surface area contributed by atoms with Crippen LogP contribution in [0, 0.1) is 5.41 Å². The molecule has 118 valence electrons. The van der Waals surface area contributed by atoms with Gasteiger partial charge in [-0.1, -0.05) is 12.1 Å². The Hall–Kier alpha value is -1.76. The second kappa shape index (κ2) is 6.80. The molecule has 0 spiro atoms. The van der Waals surface area contributed by atoms with E-state index in [4.69, 9.17) is 5.73 Å². The predicted molar refractivity (Wildman–Crippen MR) is 72.7 cm³/mol. The monoisotopic (exact) mass is 304 g/mol. The zero-order valence-electron chi connectivity index (χ0n) is 12.0. The van der Waals surface area contributed by atoms with Crippen molar-refractivity contribution in [1.29, 1.82) is 0 Å². The number of hydrogen-bond donors (Lipinski definition) is 2. The first-order valence-corrected chi connectivity index (χ1v) is 6.41. The number of nitrogens with one attached hydrogen (secondary N) is 1. The zero-order valence-corrected chi connectivity index (χ0v) is 12.0. The van der Waals surface area contributed by atoms with E-state index >= 15 is 0 Å². The highest BCUT2D eigenvalue weighted by atomic mass is 19.4. The van der Waals surface area contributed by atoms with Gasteiger partial charge in [-0.3, -0.25) is 4.79 Å². The minimum Gasteiger partial charge on any atom is -0.484 e. The average molecular weight is 304 g/mol. The standard InChI is InChI=1S/C14H19F3N2O2/c1-13(2,8-18)12(20)19-7-10-3-5-11(6-4-10)21-9-14(15,16)17/h3-6H,7-9,18H2,1-2H3,(H,19,20). The van der Waals surface area contributed by atoms with Crippen LogP contribution in [0.1, 0.15) is 19.4 Å². The Bertz CT molecular complexity index is 470. The lowest BCUT2D eigenvalue weighted by atomic mass is 9.92. The molecular formula is C14H19F3N2O2. The number of carbonyl (C=O) groups is 1. The number of benzene rings is 1. The van der Waals surface area contributed by atoms with Crippen molar-refractivity contribution in [2.75, 3.05) is 13.2 Å². The molecule has 0 bridgehead atoms. The highest BCUT2D eigenvalue weighted by molar-refractivity contribution is 5.81. The maximum absolute atomic E-state index is 12.0.